The molecule has 0 radical (unpaired) electrons. The number of amides is 1. The van der Waals surface area contributed by atoms with E-state index in [1.165, 1.54) is 10.3 Å². The Morgan fingerprint density at radius 1 is 0.765 bits per heavy atom. The molecule has 3 nitrogen and oxygen atoms in total. The monoisotopic (exact) mass is 482 g/mol. The predicted molar refractivity (Wildman–Crippen MR) is 144 cm³/mol. The van der Waals surface area contributed by atoms with E-state index >= 15 is 0 Å². The summed E-state index contributed by atoms with van der Waals surface area (Å²) in [4.78, 5) is 17.4. The molecule has 0 spiro atoms. The van der Waals surface area contributed by atoms with Gasteiger partial charge in [-0.3, -0.25) is 4.79 Å². The molecule has 0 aliphatic rings. The number of aromatic amines is 1. The van der Waals surface area contributed by atoms with Crippen molar-refractivity contribution >= 4 is 40.2 Å². The number of nitrogens with one attached hydrogen (secondary N) is 2. The van der Waals surface area contributed by atoms with Gasteiger partial charge in [-0.15, -0.1) is 11.8 Å². The van der Waals surface area contributed by atoms with E-state index in [1.54, 1.807) is 11.8 Å². The third-order valence-corrected chi connectivity index (χ3v) is 7.05. The van der Waals surface area contributed by atoms with E-state index in [4.69, 9.17) is 11.6 Å². The Kier molecular flexibility index (Phi) is 6.70. The van der Waals surface area contributed by atoms with Crippen LogP contribution in [0.2, 0.25) is 5.02 Å². The zero-order chi connectivity index (χ0) is 23.3. The van der Waals surface area contributed by atoms with E-state index < -0.39 is 0 Å². The molecule has 0 bridgehead atoms. The van der Waals surface area contributed by atoms with Crippen LogP contribution in [0.5, 0.6) is 0 Å². The lowest BCUT2D eigenvalue weighted by Crippen LogP contribution is -2.25. The van der Waals surface area contributed by atoms with Gasteiger partial charge in [-0.1, -0.05) is 84.4 Å². The zero-order valence-corrected chi connectivity index (χ0v) is 20.0. The Labute approximate surface area is 208 Å². The van der Waals surface area contributed by atoms with Crippen molar-refractivity contribution < 1.29 is 4.79 Å². The first-order valence-electron chi connectivity index (χ1n) is 11.1. The second-order valence-electron chi connectivity index (χ2n) is 7.93. The normalized spacial score (nSPS) is 11.0. The Morgan fingerprint density at radius 2 is 1.41 bits per heavy atom. The van der Waals surface area contributed by atoms with Crippen LogP contribution in [-0.2, 0) is 0 Å². The highest BCUT2D eigenvalue weighted by Gasteiger charge is 2.14. The van der Waals surface area contributed by atoms with E-state index in [0.29, 0.717) is 17.1 Å². The van der Waals surface area contributed by atoms with E-state index in [-0.39, 0.29) is 5.91 Å². The lowest BCUT2D eigenvalue weighted by atomic mass is 10.0. The Hall–Kier alpha value is -3.47. The van der Waals surface area contributed by atoms with Gasteiger partial charge in [0.15, 0.2) is 0 Å². The maximum atomic E-state index is 12.6. The number of halogens is 1. The van der Waals surface area contributed by atoms with Gasteiger partial charge < -0.3 is 10.3 Å². The largest absolute Gasteiger partial charge is 0.354 e. The molecule has 0 aliphatic carbocycles. The molecule has 0 atom stereocenters. The molecule has 1 aromatic heterocycles. The smallest absolute Gasteiger partial charge is 0.251 e. The lowest BCUT2D eigenvalue weighted by molar-refractivity contribution is 0.0956. The number of para-hydroxylation sites is 1. The zero-order valence-electron chi connectivity index (χ0n) is 18.4. The summed E-state index contributed by atoms with van der Waals surface area (Å²) in [5.41, 5.74) is 6.16. The third-order valence-electron chi connectivity index (χ3n) is 5.68. The van der Waals surface area contributed by atoms with Crippen LogP contribution in [-0.4, -0.2) is 23.2 Å². The molecule has 0 fully saturated rings. The second kappa shape index (κ2) is 10.2. The molecule has 5 aromatic rings. The van der Waals surface area contributed by atoms with Crippen LogP contribution in [0.15, 0.2) is 108 Å². The average Bonchev–Trinajstić information content (AvgIpc) is 3.26. The molecule has 4 aromatic carbocycles. The number of aromatic nitrogens is 1. The number of thioether (sulfide) groups is 1. The van der Waals surface area contributed by atoms with Crippen LogP contribution in [0.4, 0.5) is 0 Å². The number of rotatable bonds is 7. The minimum Gasteiger partial charge on any atom is -0.354 e. The van der Waals surface area contributed by atoms with Crippen molar-refractivity contribution in [1.82, 2.24) is 10.3 Å². The van der Waals surface area contributed by atoms with Crippen molar-refractivity contribution in [3.8, 4) is 22.4 Å². The SMILES string of the molecule is O=C(NCCSc1c(-c2ccc(Cl)cc2)[nH]c2ccccc12)c1ccc(-c2ccccc2)cc1. The Bertz CT molecular complexity index is 1410. The minimum atomic E-state index is -0.0583. The summed E-state index contributed by atoms with van der Waals surface area (Å²) in [5, 5.41) is 4.95. The fraction of sp³-hybridized carbons (Fsp3) is 0.0690. The van der Waals surface area contributed by atoms with E-state index in [9.17, 15) is 4.79 Å². The molecule has 168 valence electrons. The number of hydrogen-bond acceptors (Lipinski definition) is 2. The molecule has 5 heteroatoms. The van der Waals surface area contributed by atoms with Gasteiger partial charge in [0, 0.05) is 38.7 Å². The van der Waals surface area contributed by atoms with Crippen LogP contribution in [0.3, 0.4) is 0 Å². The summed E-state index contributed by atoms with van der Waals surface area (Å²) in [7, 11) is 0. The van der Waals surface area contributed by atoms with Crippen molar-refractivity contribution in [3.05, 3.63) is 114 Å². The number of benzene rings is 4. The molecule has 34 heavy (non-hydrogen) atoms. The number of carbonyl (C=O) groups excluding carboxylic acids is 1. The molecular weight excluding hydrogens is 460 g/mol. The van der Waals surface area contributed by atoms with Gasteiger partial charge in [-0.2, -0.15) is 0 Å². The van der Waals surface area contributed by atoms with Gasteiger partial charge >= 0.3 is 0 Å². The van der Waals surface area contributed by atoms with E-state index in [2.05, 4.69) is 34.6 Å². The highest BCUT2D eigenvalue weighted by molar-refractivity contribution is 7.99. The fourth-order valence-electron chi connectivity index (χ4n) is 3.95. The number of fused-ring (bicyclic) bond motifs is 1. The van der Waals surface area contributed by atoms with Crippen molar-refractivity contribution in [2.75, 3.05) is 12.3 Å². The van der Waals surface area contributed by atoms with E-state index in [0.717, 1.165) is 33.7 Å². The molecule has 1 amide bonds. The molecule has 0 saturated carbocycles. The van der Waals surface area contributed by atoms with Gasteiger partial charge in [-0.25, -0.2) is 0 Å². The molecule has 0 saturated heterocycles. The predicted octanol–water partition coefficient (Wildman–Crippen LogP) is 7.68. The van der Waals surface area contributed by atoms with Gasteiger partial charge in [0.2, 0.25) is 0 Å². The number of H-pyrrole nitrogens is 1. The molecular formula is C29H23ClN2OS. The van der Waals surface area contributed by atoms with Crippen molar-refractivity contribution in [3.63, 3.8) is 0 Å². The van der Waals surface area contributed by atoms with Crippen molar-refractivity contribution in [2.45, 2.75) is 4.90 Å². The summed E-state index contributed by atoms with van der Waals surface area (Å²) in [5.74, 6) is 0.702. The Morgan fingerprint density at radius 3 is 2.18 bits per heavy atom. The third kappa shape index (κ3) is 4.89. The highest BCUT2D eigenvalue weighted by atomic mass is 35.5. The first-order valence-corrected chi connectivity index (χ1v) is 12.5. The van der Waals surface area contributed by atoms with Gasteiger partial charge in [0.25, 0.3) is 5.91 Å². The average molecular weight is 483 g/mol. The molecule has 2 N–H and O–H groups in total. The standard InChI is InChI=1S/C29H23ClN2OS/c30-24-16-14-22(15-17-24)27-28(25-8-4-5-9-26(25)32-27)34-19-18-31-29(33)23-12-10-21(11-13-23)20-6-2-1-3-7-20/h1-17,32H,18-19H2,(H,31,33). The number of carbonyl (C=O) groups is 1. The van der Waals surface area contributed by atoms with E-state index in [1.807, 2.05) is 78.9 Å². The van der Waals surface area contributed by atoms with Crippen LogP contribution in [0.1, 0.15) is 10.4 Å². The second-order valence-corrected chi connectivity index (χ2v) is 9.47. The highest BCUT2D eigenvalue weighted by Crippen LogP contribution is 2.37. The fourth-order valence-corrected chi connectivity index (χ4v) is 5.13. The van der Waals surface area contributed by atoms with Crippen molar-refractivity contribution in [1.29, 1.82) is 0 Å². The van der Waals surface area contributed by atoms with Crippen LogP contribution >= 0.6 is 23.4 Å². The quantitative estimate of drug-likeness (QED) is 0.184. The topological polar surface area (TPSA) is 44.9 Å². The van der Waals surface area contributed by atoms with Crippen molar-refractivity contribution in [2.24, 2.45) is 0 Å². The summed E-state index contributed by atoms with van der Waals surface area (Å²) in [6.45, 7) is 0.573. The minimum absolute atomic E-state index is 0.0583. The van der Waals surface area contributed by atoms with Gasteiger partial charge in [0.05, 0.1) is 5.69 Å². The molecule has 0 aliphatic heterocycles. The van der Waals surface area contributed by atoms with Gasteiger partial charge in [0.1, 0.15) is 0 Å². The summed E-state index contributed by atoms with van der Waals surface area (Å²) >= 11 is 7.82. The van der Waals surface area contributed by atoms with Crippen LogP contribution in [0.25, 0.3) is 33.3 Å². The molecule has 0 unspecified atom stereocenters. The lowest BCUT2D eigenvalue weighted by Gasteiger charge is -2.08. The first-order chi connectivity index (χ1) is 16.7. The number of hydrogen-bond donors (Lipinski definition) is 2. The van der Waals surface area contributed by atoms with Crippen LogP contribution < -0.4 is 5.32 Å². The van der Waals surface area contributed by atoms with Gasteiger partial charge in [-0.05, 0) is 47.0 Å². The van der Waals surface area contributed by atoms with Crippen LogP contribution in [0, 0.1) is 0 Å². The summed E-state index contributed by atoms with van der Waals surface area (Å²) in [6, 6.07) is 34.0. The Balaban J connectivity index is 1.25. The summed E-state index contributed by atoms with van der Waals surface area (Å²) < 4.78 is 0. The maximum absolute atomic E-state index is 12.6. The first kappa shape index (κ1) is 22.3. The molecule has 5 rings (SSSR count). The molecule has 1 heterocycles. The maximum Gasteiger partial charge on any atom is 0.251 e. The summed E-state index contributed by atoms with van der Waals surface area (Å²) in [6.07, 6.45) is 0.